The highest BCUT2D eigenvalue weighted by Gasteiger charge is 2.15. The Morgan fingerprint density at radius 1 is 1.40 bits per heavy atom. The summed E-state index contributed by atoms with van der Waals surface area (Å²) in [6, 6.07) is 3.70. The molecule has 0 saturated carbocycles. The molecule has 2 heterocycles. The second-order valence-electron chi connectivity index (χ2n) is 3.79. The Kier molecular flexibility index (Phi) is 3.27. The van der Waals surface area contributed by atoms with E-state index >= 15 is 0 Å². The van der Waals surface area contributed by atoms with E-state index in [1.165, 1.54) is 6.42 Å². The Bertz CT molecular complexity index is 302. The largest absolute Gasteiger partial charge is 0.467 e. The zero-order chi connectivity index (χ0) is 10.5. The zero-order valence-electron chi connectivity index (χ0n) is 8.74. The maximum Gasteiger partial charge on any atom is 0.317 e. The van der Waals surface area contributed by atoms with Crippen molar-refractivity contribution in [3.63, 3.8) is 0 Å². The molecule has 0 atom stereocenters. The number of nitrogens with zero attached hydrogens (tertiary/aromatic N) is 1. The standard InChI is InChI=1S/C11H16N2O2/c14-11(13-6-2-1-3-7-13)12-9-10-5-4-8-15-10/h4-5,8H,1-3,6-7,9H2,(H,12,14). The van der Waals surface area contributed by atoms with Gasteiger partial charge in [0.15, 0.2) is 0 Å². The molecule has 1 aliphatic heterocycles. The molecule has 1 fully saturated rings. The monoisotopic (exact) mass is 208 g/mol. The Labute approximate surface area is 89.2 Å². The van der Waals surface area contributed by atoms with Crippen molar-refractivity contribution in [3.05, 3.63) is 24.2 Å². The van der Waals surface area contributed by atoms with Crippen molar-refractivity contribution in [3.8, 4) is 0 Å². The van der Waals surface area contributed by atoms with Crippen LogP contribution in [0.2, 0.25) is 0 Å². The van der Waals surface area contributed by atoms with Gasteiger partial charge < -0.3 is 14.6 Å². The molecule has 4 nitrogen and oxygen atoms in total. The van der Waals surface area contributed by atoms with Gasteiger partial charge in [0.05, 0.1) is 12.8 Å². The van der Waals surface area contributed by atoms with Gasteiger partial charge >= 0.3 is 6.03 Å². The van der Waals surface area contributed by atoms with Gasteiger partial charge in [0, 0.05) is 13.1 Å². The third-order valence-corrected chi connectivity index (χ3v) is 2.64. The van der Waals surface area contributed by atoms with E-state index in [1.807, 2.05) is 17.0 Å². The lowest BCUT2D eigenvalue weighted by molar-refractivity contribution is 0.185. The summed E-state index contributed by atoms with van der Waals surface area (Å²) >= 11 is 0. The van der Waals surface area contributed by atoms with Crippen LogP contribution in [0.4, 0.5) is 4.79 Å². The lowest BCUT2D eigenvalue weighted by Gasteiger charge is -2.26. The summed E-state index contributed by atoms with van der Waals surface area (Å²) in [6.07, 6.45) is 5.09. The van der Waals surface area contributed by atoms with Gasteiger partial charge in [-0.25, -0.2) is 4.79 Å². The first-order valence-corrected chi connectivity index (χ1v) is 5.41. The average Bonchev–Trinajstić information content (AvgIpc) is 2.80. The van der Waals surface area contributed by atoms with Crippen molar-refractivity contribution in [1.82, 2.24) is 10.2 Å². The molecule has 0 unspecified atom stereocenters. The molecule has 0 aromatic carbocycles. The molecule has 0 aliphatic carbocycles. The first-order chi connectivity index (χ1) is 7.36. The minimum absolute atomic E-state index is 0.0195. The number of carbonyl (C=O) groups is 1. The maximum absolute atomic E-state index is 11.7. The highest BCUT2D eigenvalue weighted by atomic mass is 16.3. The van der Waals surface area contributed by atoms with Gasteiger partial charge in [0.25, 0.3) is 0 Å². The summed E-state index contributed by atoms with van der Waals surface area (Å²) < 4.78 is 5.14. The predicted molar refractivity (Wildman–Crippen MR) is 56.4 cm³/mol. The van der Waals surface area contributed by atoms with E-state index in [4.69, 9.17) is 4.42 Å². The van der Waals surface area contributed by atoms with Crippen molar-refractivity contribution in [2.75, 3.05) is 13.1 Å². The predicted octanol–water partition coefficient (Wildman–Crippen LogP) is 1.98. The van der Waals surface area contributed by atoms with Crippen LogP contribution in [0.25, 0.3) is 0 Å². The lowest BCUT2D eigenvalue weighted by atomic mass is 10.1. The van der Waals surface area contributed by atoms with Crippen LogP contribution in [0.15, 0.2) is 22.8 Å². The highest BCUT2D eigenvalue weighted by Crippen LogP contribution is 2.08. The molecule has 4 heteroatoms. The van der Waals surface area contributed by atoms with Gasteiger partial charge in [-0.3, -0.25) is 0 Å². The summed E-state index contributed by atoms with van der Waals surface area (Å²) in [7, 11) is 0. The van der Waals surface area contributed by atoms with E-state index in [1.54, 1.807) is 6.26 Å². The molecule has 2 amide bonds. The van der Waals surface area contributed by atoms with E-state index in [2.05, 4.69) is 5.32 Å². The minimum atomic E-state index is 0.0195. The van der Waals surface area contributed by atoms with Gasteiger partial charge in [-0.1, -0.05) is 0 Å². The Balaban J connectivity index is 1.76. The summed E-state index contributed by atoms with van der Waals surface area (Å²) in [5.41, 5.74) is 0. The SMILES string of the molecule is O=C(NCc1ccco1)N1CCCCC1. The second-order valence-corrected chi connectivity index (χ2v) is 3.79. The normalized spacial score (nSPS) is 16.4. The van der Waals surface area contributed by atoms with E-state index in [0.29, 0.717) is 6.54 Å². The second kappa shape index (κ2) is 4.87. The molecule has 1 N–H and O–H groups in total. The van der Waals surface area contributed by atoms with Crippen LogP contribution in [-0.2, 0) is 6.54 Å². The highest BCUT2D eigenvalue weighted by molar-refractivity contribution is 5.74. The number of nitrogens with one attached hydrogen (secondary N) is 1. The number of carbonyl (C=O) groups excluding carboxylic acids is 1. The van der Waals surface area contributed by atoms with Crippen LogP contribution >= 0.6 is 0 Å². The molecule has 1 saturated heterocycles. The first-order valence-electron chi connectivity index (χ1n) is 5.41. The maximum atomic E-state index is 11.7. The summed E-state index contributed by atoms with van der Waals surface area (Å²) in [5, 5.41) is 2.85. The van der Waals surface area contributed by atoms with E-state index in [9.17, 15) is 4.79 Å². The van der Waals surface area contributed by atoms with Gasteiger partial charge in [-0.05, 0) is 31.4 Å². The van der Waals surface area contributed by atoms with Crippen molar-refractivity contribution in [2.45, 2.75) is 25.8 Å². The number of piperidine rings is 1. The zero-order valence-corrected chi connectivity index (χ0v) is 8.74. The number of rotatable bonds is 2. The van der Waals surface area contributed by atoms with Gasteiger partial charge in [0.1, 0.15) is 5.76 Å². The molecule has 1 aromatic heterocycles. The van der Waals surface area contributed by atoms with Crippen LogP contribution in [0, 0.1) is 0 Å². The van der Waals surface area contributed by atoms with Crippen LogP contribution in [0.3, 0.4) is 0 Å². The third kappa shape index (κ3) is 2.75. The molecule has 0 bridgehead atoms. The minimum Gasteiger partial charge on any atom is -0.467 e. The number of likely N-dealkylation sites (tertiary alicyclic amines) is 1. The number of hydrogen-bond donors (Lipinski definition) is 1. The Hall–Kier alpha value is -1.45. The molecule has 1 aliphatic rings. The van der Waals surface area contributed by atoms with Crippen molar-refractivity contribution in [1.29, 1.82) is 0 Å². The topological polar surface area (TPSA) is 45.5 Å². The summed E-state index contributed by atoms with van der Waals surface area (Å²) in [5.74, 6) is 0.792. The smallest absolute Gasteiger partial charge is 0.317 e. The number of hydrogen-bond acceptors (Lipinski definition) is 2. The van der Waals surface area contributed by atoms with E-state index < -0.39 is 0 Å². The lowest BCUT2D eigenvalue weighted by Crippen LogP contribution is -2.42. The van der Waals surface area contributed by atoms with Crippen molar-refractivity contribution in [2.24, 2.45) is 0 Å². The molecule has 0 spiro atoms. The average molecular weight is 208 g/mol. The number of amides is 2. The molecule has 0 radical (unpaired) electrons. The van der Waals surface area contributed by atoms with Crippen LogP contribution in [0.5, 0.6) is 0 Å². The van der Waals surface area contributed by atoms with Crippen LogP contribution < -0.4 is 5.32 Å². The van der Waals surface area contributed by atoms with Gasteiger partial charge in [0.2, 0.25) is 0 Å². The molecule has 1 aromatic rings. The van der Waals surface area contributed by atoms with Crippen LogP contribution in [0.1, 0.15) is 25.0 Å². The molecular formula is C11H16N2O2. The van der Waals surface area contributed by atoms with Gasteiger partial charge in [-0.2, -0.15) is 0 Å². The summed E-state index contributed by atoms with van der Waals surface area (Å²) in [6.45, 7) is 2.23. The van der Waals surface area contributed by atoms with Crippen molar-refractivity contribution >= 4 is 6.03 Å². The third-order valence-electron chi connectivity index (χ3n) is 2.64. The quantitative estimate of drug-likeness (QED) is 0.807. The molecular weight excluding hydrogens is 192 g/mol. The van der Waals surface area contributed by atoms with Gasteiger partial charge in [-0.15, -0.1) is 0 Å². The number of furan rings is 1. The fourth-order valence-electron chi connectivity index (χ4n) is 1.78. The Morgan fingerprint density at radius 2 is 2.20 bits per heavy atom. The molecule has 2 rings (SSSR count). The van der Waals surface area contributed by atoms with Crippen molar-refractivity contribution < 1.29 is 9.21 Å². The molecule has 82 valence electrons. The first kappa shape index (κ1) is 10.1. The number of urea groups is 1. The fraction of sp³-hybridized carbons (Fsp3) is 0.545. The Morgan fingerprint density at radius 3 is 2.87 bits per heavy atom. The fourth-order valence-corrected chi connectivity index (χ4v) is 1.78. The van der Waals surface area contributed by atoms with E-state index in [0.717, 1.165) is 31.7 Å². The molecule has 15 heavy (non-hydrogen) atoms. The van der Waals surface area contributed by atoms with Crippen LogP contribution in [-0.4, -0.2) is 24.0 Å². The van der Waals surface area contributed by atoms with E-state index in [-0.39, 0.29) is 6.03 Å². The summed E-state index contributed by atoms with van der Waals surface area (Å²) in [4.78, 5) is 13.5.